The predicted octanol–water partition coefficient (Wildman–Crippen LogP) is 4.86. The molecule has 0 bridgehead atoms. The average Bonchev–Trinajstić information content (AvgIpc) is 3.10. The molecule has 0 fully saturated rings. The molecular weight excluding hydrogens is 427 g/mol. The van der Waals surface area contributed by atoms with Crippen molar-refractivity contribution >= 4 is 32.3 Å². The third-order valence-electron chi connectivity index (χ3n) is 5.32. The van der Waals surface area contributed by atoms with E-state index in [-0.39, 0.29) is 10.7 Å². The van der Waals surface area contributed by atoms with Crippen LogP contribution in [0.3, 0.4) is 0 Å². The van der Waals surface area contributed by atoms with Crippen molar-refractivity contribution in [3.63, 3.8) is 0 Å². The van der Waals surface area contributed by atoms with Crippen molar-refractivity contribution in [2.75, 3.05) is 11.1 Å². The van der Waals surface area contributed by atoms with E-state index in [1.54, 1.807) is 28.8 Å². The van der Waals surface area contributed by atoms with Crippen molar-refractivity contribution in [3.8, 4) is 0 Å². The van der Waals surface area contributed by atoms with Crippen LogP contribution in [0.2, 0.25) is 0 Å². The molecule has 0 aliphatic carbocycles. The summed E-state index contributed by atoms with van der Waals surface area (Å²) >= 11 is 0. The van der Waals surface area contributed by atoms with Crippen LogP contribution in [0.4, 0.5) is 10.1 Å². The Morgan fingerprint density at radius 1 is 1.00 bits per heavy atom. The van der Waals surface area contributed by atoms with Crippen LogP contribution in [0.1, 0.15) is 16.7 Å². The highest BCUT2D eigenvalue weighted by Gasteiger charge is 2.24. The number of nitrogens with zero attached hydrogens (tertiary/aromatic N) is 1. The molecule has 0 saturated carbocycles. The second-order valence-corrected chi connectivity index (χ2v) is 9.85. The average molecular weight is 451 g/mol. The number of rotatable bonds is 6. The Morgan fingerprint density at radius 3 is 2.56 bits per heavy atom. The number of aryl methyl sites for hydroxylation is 2. The maximum absolute atomic E-state index is 13.6. The number of sulfone groups is 1. The summed E-state index contributed by atoms with van der Waals surface area (Å²) < 4.78 is 41.7. The number of fused-ring (bicyclic) bond motifs is 1. The van der Waals surface area contributed by atoms with Crippen LogP contribution >= 0.6 is 0 Å². The van der Waals surface area contributed by atoms with Crippen molar-refractivity contribution in [3.05, 3.63) is 95.4 Å². The van der Waals surface area contributed by atoms with Crippen molar-refractivity contribution in [1.29, 1.82) is 0 Å². The number of hydrogen-bond acceptors (Lipinski definition) is 3. The zero-order valence-electron chi connectivity index (χ0n) is 17.8. The zero-order valence-corrected chi connectivity index (χ0v) is 18.6. The fourth-order valence-corrected chi connectivity index (χ4v) is 5.10. The van der Waals surface area contributed by atoms with Crippen LogP contribution in [-0.2, 0) is 21.2 Å². The van der Waals surface area contributed by atoms with E-state index in [0.29, 0.717) is 28.7 Å². The molecule has 0 radical (unpaired) electrons. The Balaban J connectivity index is 1.64. The molecule has 1 amide bonds. The van der Waals surface area contributed by atoms with Crippen molar-refractivity contribution < 1.29 is 17.6 Å². The second kappa shape index (κ2) is 8.59. The van der Waals surface area contributed by atoms with Gasteiger partial charge < -0.3 is 9.88 Å². The van der Waals surface area contributed by atoms with Crippen LogP contribution in [0.15, 0.2) is 77.8 Å². The fourth-order valence-electron chi connectivity index (χ4n) is 3.73. The van der Waals surface area contributed by atoms with Crippen LogP contribution in [-0.4, -0.2) is 24.6 Å². The first-order valence-corrected chi connectivity index (χ1v) is 11.8. The van der Waals surface area contributed by atoms with Gasteiger partial charge in [0.25, 0.3) is 0 Å². The number of carbonyl (C=O) groups excluding carboxylic acids is 1. The molecule has 0 atom stereocenters. The number of nitrogens with one attached hydrogen (secondary N) is 1. The van der Waals surface area contributed by atoms with Gasteiger partial charge in [-0.25, -0.2) is 12.8 Å². The molecule has 4 aromatic rings. The standard InChI is InChI=1S/C25H23FN2O3S/c1-17-10-11-18(2)22(12-17)27-25(29)16-32(30,31)24-15-28(23-9-4-3-8-21(23)24)14-19-6-5-7-20(26)13-19/h3-13,15H,14,16H2,1-2H3,(H,27,29). The molecule has 7 heteroatoms. The van der Waals surface area contributed by atoms with E-state index < -0.39 is 21.5 Å². The summed E-state index contributed by atoms with van der Waals surface area (Å²) in [6.07, 6.45) is 1.52. The summed E-state index contributed by atoms with van der Waals surface area (Å²) in [6.45, 7) is 4.06. The second-order valence-electron chi connectivity index (χ2n) is 7.89. The number of amides is 1. The molecule has 0 aliphatic heterocycles. The Bertz CT molecular complexity index is 1420. The Morgan fingerprint density at radius 2 is 1.78 bits per heavy atom. The molecule has 32 heavy (non-hydrogen) atoms. The van der Waals surface area contributed by atoms with Gasteiger partial charge in [-0.15, -0.1) is 0 Å². The van der Waals surface area contributed by atoms with Crippen molar-refractivity contribution in [2.45, 2.75) is 25.3 Å². The van der Waals surface area contributed by atoms with E-state index >= 15 is 0 Å². The van der Waals surface area contributed by atoms with E-state index in [1.807, 2.05) is 44.2 Å². The summed E-state index contributed by atoms with van der Waals surface area (Å²) in [7, 11) is -3.92. The highest BCUT2D eigenvalue weighted by atomic mass is 32.2. The maximum Gasteiger partial charge on any atom is 0.239 e. The molecule has 1 N–H and O–H groups in total. The molecule has 0 saturated heterocycles. The van der Waals surface area contributed by atoms with Gasteiger partial charge in [0.1, 0.15) is 11.6 Å². The smallest absolute Gasteiger partial charge is 0.239 e. The van der Waals surface area contributed by atoms with Crippen LogP contribution in [0.25, 0.3) is 10.9 Å². The number of aromatic nitrogens is 1. The molecular formula is C25H23FN2O3S. The van der Waals surface area contributed by atoms with Crippen molar-refractivity contribution in [1.82, 2.24) is 4.57 Å². The van der Waals surface area contributed by atoms with Gasteiger partial charge in [0, 0.05) is 29.3 Å². The highest BCUT2D eigenvalue weighted by molar-refractivity contribution is 7.92. The minimum Gasteiger partial charge on any atom is -0.342 e. The summed E-state index contributed by atoms with van der Waals surface area (Å²) in [4.78, 5) is 12.7. The van der Waals surface area contributed by atoms with E-state index in [9.17, 15) is 17.6 Å². The minimum atomic E-state index is -3.92. The topological polar surface area (TPSA) is 68.2 Å². The number of benzene rings is 3. The lowest BCUT2D eigenvalue weighted by Gasteiger charge is -2.09. The Hall–Kier alpha value is -3.45. The lowest BCUT2D eigenvalue weighted by molar-refractivity contribution is -0.113. The first kappa shape index (κ1) is 21.8. The SMILES string of the molecule is Cc1ccc(C)c(NC(=O)CS(=O)(=O)c2cn(Cc3cccc(F)c3)c3ccccc23)c1. The molecule has 3 aromatic carbocycles. The van der Waals surface area contributed by atoms with Gasteiger partial charge in [-0.3, -0.25) is 4.79 Å². The zero-order chi connectivity index (χ0) is 22.9. The first-order chi connectivity index (χ1) is 15.2. The molecule has 0 spiro atoms. The summed E-state index contributed by atoms with van der Waals surface area (Å²) in [5, 5.41) is 3.24. The fraction of sp³-hybridized carbons (Fsp3) is 0.160. The largest absolute Gasteiger partial charge is 0.342 e. The maximum atomic E-state index is 13.6. The summed E-state index contributed by atoms with van der Waals surface area (Å²) in [5.74, 6) is -1.62. The van der Waals surface area contributed by atoms with E-state index in [2.05, 4.69) is 5.32 Å². The Labute approximate surface area is 186 Å². The Kier molecular flexibility index (Phi) is 5.84. The van der Waals surface area contributed by atoms with Gasteiger partial charge in [0.15, 0.2) is 9.84 Å². The van der Waals surface area contributed by atoms with Gasteiger partial charge >= 0.3 is 0 Å². The lowest BCUT2D eigenvalue weighted by atomic mass is 10.1. The normalized spacial score (nSPS) is 11.6. The quantitative estimate of drug-likeness (QED) is 0.456. The van der Waals surface area contributed by atoms with Gasteiger partial charge in [0.05, 0.1) is 4.90 Å². The monoisotopic (exact) mass is 450 g/mol. The first-order valence-electron chi connectivity index (χ1n) is 10.1. The van der Waals surface area contributed by atoms with Gasteiger partial charge in [0.2, 0.25) is 5.91 Å². The molecule has 4 rings (SSSR count). The van der Waals surface area contributed by atoms with Crippen LogP contribution < -0.4 is 5.32 Å². The van der Waals surface area contributed by atoms with Crippen LogP contribution in [0.5, 0.6) is 0 Å². The predicted molar refractivity (Wildman–Crippen MR) is 124 cm³/mol. The van der Waals surface area contributed by atoms with Gasteiger partial charge in [-0.1, -0.05) is 42.5 Å². The van der Waals surface area contributed by atoms with E-state index in [0.717, 1.165) is 11.1 Å². The molecule has 5 nitrogen and oxygen atoms in total. The molecule has 0 unspecified atom stereocenters. The minimum absolute atomic E-state index is 0.0839. The number of para-hydroxylation sites is 1. The number of hydrogen-bond donors (Lipinski definition) is 1. The summed E-state index contributed by atoms with van der Waals surface area (Å²) in [5.41, 5.74) is 3.83. The lowest BCUT2D eigenvalue weighted by Crippen LogP contribution is -2.23. The molecule has 1 heterocycles. The van der Waals surface area contributed by atoms with Gasteiger partial charge in [-0.05, 0) is 54.8 Å². The van der Waals surface area contributed by atoms with E-state index in [4.69, 9.17) is 0 Å². The van der Waals surface area contributed by atoms with E-state index in [1.165, 1.54) is 18.3 Å². The number of carbonyl (C=O) groups is 1. The summed E-state index contributed by atoms with van der Waals surface area (Å²) in [6, 6.07) is 18.9. The van der Waals surface area contributed by atoms with Gasteiger partial charge in [-0.2, -0.15) is 0 Å². The number of anilines is 1. The van der Waals surface area contributed by atoms with Crippen LogP contribution in [0, 0.1) is 19.7 Å². The highest BCUT2D eigenvalue weighted by Crippen LogP contribution is 2.27. The molecule has 0 aliphatic rings. The third-order valence-corrected chi connectivity index (χ3v) is 6.95. The van der Waals surface area contributed by atoms with Crippen molar-refractivity contribution in [2.24, 2.45) is 0 Å². The third kappa shape index (κ3) is 4.57. The molecule has 1 aromatic heterocycles. The molecule has 164 valence electrons. The number of halogens is 1.